The van der Waals surface area contributed by atoms with Crippen LogP contribution >= 0.6 is 0 Å². The molecule has 10 heteroatoms. The van der Waals surface area contributed by atoms with Gasteiger partial charge in [0.15, 0.2) is 0 Å². The zero-order chi connectivity index (χ0) is 21.2. The zero-order valence-corrected chi connectivity index (χ0v) is 14.4. The molecular weight excluding hydrogens is 402 g/mol. The molecule has 0 aliphatic carbocycles. The van der Waals surface area contributed by atoms with Crippen molar-refractivity contribution in [3.05, 3.63) is 60.8 Å². The maximum atomic E-state index is 12.2. The molecule has 3 rings (SSSR count). The number of hydrogen-bond acceptors (Lipinski definition) is 4. The number of nitrogen functional groups attached to an aromatic ring is 1. The van der Waals surface area contributed by atoms with Crippen molar-refractivity contribution in [2.45, 2.75) is 12.7 Å². The van der Waals surface area contributed by atoms with E-state index in [-0.39, 0.29) is 17.2 Å². The third-order valence-electron chi connectivity index (χ3n) is 3.72. The number of ether oxygens (including phenoxy) is 2. The first kappa shape index (κ1) is 20.3. The minimum absolute atomic E-state index is 0.287. The lowest BCUT2D eigenvalue weighted by Crippen LogP contribution is -2.17. The fraction of sp³-hybridized carbons (Fsp3) is 0.105. The summed E-state index contributed by atoms with van der Waals surface area (Å²) in [4.78, 5) is 4.22. The Labute approximate surface area is 160 Å². The Hall–Kier alpha value is -3.43. The van der Waals surface area contributed by atoms with Crippen LogP contribution < -0.4 is 15.2 Å². The highest BCUT2D eigenvalue weighted by Gasteiger charge is 2.31. The van der Waals surface area contributed by atoms with Crippen molar-refractivity contribution >= 4 is 5.69 Å². The van der Waals surface area contributed by atoms with Gasteiger partial charge in [0.1, 0.15) is 11.5 Å². The lowest BCUT2D eigenvalue weighted by atomic mass is 10.0. The molecule has 0 aliphatic heterocycles. The molecule has 0 unspecified atom stereocenters. The number of pyridine rings is 1. The van der Waals surface area contributed by atoms with Gasteiger partial charge in [0.05, 0.1) is 5.69 Å². The largest absolute Gasteiger partial charge is 0.573 e. The molecule has 1 aromatic heterocycles. The fourth-order valence-electron chi connectivity index (χ4n) is 2.53. The summed E-state index contributed by atoms with van der Waals surface area (Å²) in [5.41, 5.74) is 8.21. The number of nitrogens with two attached hydrogens (primary N) is 1. The van der Waals surface area contributed by atoms with Gasteiger partial charge < -0.3 is 15.2 Å². The second kappa shape index (κ2) is 7.53. The first-order chi connectivity index (χ1) is 13.5. The quantitative estimate of drug-likeness (QED) is 0.549. The average Bonchev–Trinajstić information content (AvgIpc) is 2.60. The van der Waals surface area contributed by atoms with Gasteiger partial charge in [0.2, 0.25) is 0 Å². The summed E-state index contributed by atoms with van der Waals surface area (Å²) in [7, 11) is 0. The Bertz CT molecular complexity index is 984. The van der Waals surface area contributed by atoms with Crippen molar-refractivity contribution < 1.29 is 35.8 Å². The van der Waals surface area contributed by atoms with Crippen LogP contribution in [-0.2, 0) is 0 Å². The molecule has 152 valence electrons. The second-order valence-corrected chi connectivity index (χ2v) is 5.80. The van der Waals surface area contributed by atoms with Crippen LogP contribution in [0.25, 0.3) is 22.4 Å². The lowest BCUT2D eigenvalue weighted by Gasteiger charge is -2.11. The van der Waals surface area contributed by atoms with Gasteiger partial charge in [-0.2, -0.15) is 0 Å². The molecule has 0 saturated heterocycles. The number of nitrogens with zero attached hydrogens (tertiary/aromatic N) is 1. The number of anilines is 1. The van der Waals surface area contributed by atoms with Gasteiger partial charge in [-0.3, -0.25) is 4.98 Å². The Morgan fingerprint density at radius 2 is 1.14 bits per heavy atom. The minimum Gasteiger partial charge on any atom is -0.406 e. The molecule has 0 fully saturated rings. The van der Waals surface area contributed by atoms with Crippen LogP contribution in [0.15, 0.2) is 60.8 Å². The standard InChI is InChI=1S/C19H12F6N2O2/c20-18(21,22)28-13-5-1-11(2-6-13)15-10-27-17(9-16(15)26)12-3-7-14(8-4-12)29-19(23,24)25/h1-10H,(H2,26,27). The smallest absolute Gasteiger partial charge is 0.406 e. The average molecular weight is 414 g/mol. The Kier molecular flexibility index (Phi) is 5.27. The third kappa shape index (κ3) is 5.53. The second-order valence-electron chi connectivity index (χ2n) is 5.80. The maximum Gasteiger partial charge on any atom is 0.573 e. The van der Waals surface area contributed by atoms with Crippen LogP contribution in [-0.4, -0.2) is 17.7 Å². The molecule has 0 aliphatic rings. The summed E-state index contributed by atoms with van der Waals surface area (Å²) in [6.07, 6.45) is -8.15. The van der Waals surface area contributed by atoms with Gasteiger partial charge in [0.25, 0.3) is 0 Å². The van der Waals surface area contributed by atoms with Crippen LogP contribution in [0, 0.1) is 0 Å². The summed E-state index contributed by atoms with van der Waals surface area (Å²) in [5.74, 6) is -0.738. The Balaban J connectivity index is 1.80. The number of rotatable bonds is 4. The third-order valence-corrected chi connectivity index (χ3v) is 3.72. The fourth-order valence-corrected chi connectivity index (χ4v) is 2.53. The molecule has 0 spiro atoms. The van der Waals surface area contributed by atoms with E-state index in [1.165, 1.54) is 36.5 Å². The van der Waals surface area contributed by atoms with Gasteiger partial charge in [-0.1, -0.05) is 12.1 Å². The predicted octanol–water partition coefficient (Wildman–Crippen LogP) is 5.80. The molecule has 0 amide bonds. The van der Waals surface area contributed by atoms with Crippen LogP contribution in [0.3, 0.4) is 0 Å². The maximum absolute atomic E-state index is 12.2. The molecule has 0 radical (unpaired) electrons. The van der Waals surface area contributed by atoms with E-state index in [0.717, 1.165) is 24.3 Å². The van der Waals surface area contributed by atoms with Crippen molar-refractivity contribution in [3.8, 4) is 33.9 Å². The van der Waals surface area contributed by atoms with Gasteiger partial charge in [-0.05, 0) is 48.0 Å². The molecule has 4 nitrogen and oxygen atoms in total. The topological polar surface area (TPSA) is 57.4 Å². The van der Waals surface area contributed by atoms with Crippen LogP contribution in [0.1, 0.15) is 0 Å². The van der Waals surface area contributed by atoms with Crippen molar-refractivity contribution in [1.29, 1.82) is 0 Å². The van der Waals surface area contributed by atoms with E-state index in [4.69, 9.17) is 5.73 Å². The van der Waals surface area contributed by atoms with Crippen molar-refractivity contribution in [1.82, 2.24) is 4.98 Å². The van der Waals surface area contributed by atoms with Crippen molar-refractivity contribution in [2.24, 2.45) is 0 Å². The molecular formula is C19H12F6N2O2. The van der Waals surface area contributed by atoms with Gasteiger partial charge in [0, 0.05) is 23.0 Å². The van der Waals surface area contributed by atoms with Gasteiger partial charge in [-0.15, -0.1) is 26.3 Å². The first-order valence-electron chi connectivity index (χ1n) is 7.98. The van der Waals surface area contributed by atoms with E-state index in [2.05, 4.69) is 14.5 Å². The zero-order valence-electron chi connectivity index (χ0n) is 14.4. The molecule has 29 heavy (non-hydrogen) atoms. The number of alkyl halides is 6. The Morgan fingerprint density at radius 1 is 0.690 bits per heavy atom. The highest BCUT2D eigenvalue weighted by molar-refractivity contribution is 5.79. The summed E-state index contributed by atoms with van der Waals surface area (Å²) in [6, 6.07) is 11.7. The van der Waals surface area contributed by atoms with E-state index in [1.54, 1.807) is 0 Å². The molecule has 0 saturated carbocycles. The van der Waals surface area contributed by atoms with E-state index in [1.807, 2.05) is 0 Å². The minimum atomic E-state index is -4.79. The molecule has 1 heterocycles. The molecule has 3 aromatic rings. The van der Waals surface area contributed by atoms with Gasteiger partial charge >= 0.3 is 12.7 Å². The normalized spacial score (nSPS) is 11.9. The van der Waals surface area contributed by atoms with E-state index in [9.17, 15) is 26.3 Å². The molecule has 0 bridgehead atoms. The molecule has 2 N–H and O–H groups in total. The first-order valence-corrected chi connectivity index (χ1v) is 7.98. The molecule has 2 aromatic carbocycles. The van der Waals surface area contributed by atoms with Crippen LogP contribution in [0.4, 0.5) is 32.0 Å². The number of benzene rings is 2. The summed E-state index contributed by atoms with van der Waals surface area (Å²) < 4.78 is 80.9. The van der Waals surface area contributed by atoms with Crippen LogP contribution in [0.5, 0.6) is 11.5 Å². The highest BCUT2D eigenvalue weighted by atomic mass is 19.4. The lowest BCUT2D eigenvalue weighted by molar-refractivity contribution is -0.275. The highest BCUT2D eigenvalue weighted by Crippen LogP contribution is 2.32. The van der Waals surface area contributed by atoms with E-state index in [0.29, 0.717) is 22.4 Å². The number of aromatic nitrogens is 1. The number of halogens is 6. The monoisotopic (exact) mass is 414 g/mol. The van der Waals surface area contributed by atoms with Crippen LogP contribution in [0.2, 0.25) is 0 Å². The van der Waals surface area contributed by atoms with E-state index < -0.39 is 12.7 Å². The molecule has 0 atom stereocenters. The summed E-state index contributed by atoms with van der Waals surface area (Å²) in [5, 5.41) is 0. The SMILES string of the molecule is Nc1cc(-c2ccc(OC(F)(F)F)cc2)ncc1-c1ccc(OC(F)(F)F)cc1. The van der Waals surface area contributed by atoms with Crippen molar-refractivity contribution in [2.75, 3.05) is 5.73 Å². The van der Waals surface area contributed by atoms with E-state index >= 15 is 0 Å². The number of hydrogen-bond donors (Lipinski definition) is 1. The Morgan fingerprint density at radius 3 is 1.55 bits per heavy atom. The van der Waals surface area contributed by atoms with Crippen molar-refractivity contribution in [3.63, 3.8) is 0 Å². The summed E-state index contributed by atoms with van der Waals surface area (Å²) in [6.45, 7) is 0. The summed E-state index contributed by atoms with van der Waals surface area (Å²) >= 11 is 0. The predicted molar refractivity (Wildman–Crippen MR) is 92.9 cm³/mol. The van der Waals surface area contributed by atoms with Gasteiger partial charge in [-0.25, -0.2) is 0 Å².